The van der Waals surface area contributed by atoms with Crippen LogP contribution in [0, 0.1) is 0 Å². The number of hydrogen-bond donors (Lipinski definition) is 2. The van der Waals surface area contributed by atoms with Gasteiger partial charge < -0.3 is 19.9 Å². The second-order valence-corrected chi connectivity index (χ2v) is 3.66. The zero-order chi connectivity index (χ0) is 12.5. The van der Waals surface area contributed by atoms with Gasteiger partial charge in [0.05, 0.1) is 13.1 Å². The van der Waals surface area contributed by atoms with Crippen LogP contribution in [0.5, 0.6) is 0 Å². The fourth-order valence-electron chi connectivity index (χ4n) is 1.26. The van der Waals surface area contributed by atoms with Crippen LogP contribution in [0.1, 0.15) is 12.2 Å². The summed E-state index contributed by atoms with van der Waals surface area (Å²) in [6.45, 7) is 2.10. The van der Waals surface area contributed by atoms with Gasteiger partial charge in [0.2, 0.25) is 5.91 Å². The lowest BCUT2D eigenvalue weighted by molar-refractivity contribution is -0.120. The molecule has 0 unspecified atom stereocenters. The van der Waals surface area contributed by atoms with E-state index in [0.717, 1.165) is 12.2 Å². The van der Waals surface area contributed by atoms with Crippen LogP contribution in [0.4, 0.5) is 0 Å². The number of nitrogens with zero attached hydrogens (tertiary/aromatic N) is 3. The predicted octanol–water partition coefficient (Wildman–Crippen LogP) is -0.943. The number of carbonyl (C=O) groups is 1. The average molecular weight is 241 g/mol. The lowest BCUT2D eigenvalue weighted by Gasteiger charge is -2.06. The van der Waals surface area contributed by atoms with Crippen molar-refractivity contribution in [1.82, 2.24) is 25.4 Å². The van der Waals surface area contributed by atoms with Crippen molar-refractivity contribution in [2.24, 2.45) is 7.05 Å². The fourth-order valence-corrected chi connectivity index (χ4v) is 1.26. The first-order chi connectivity index (χ1) is 8.24. The van der Waals surface area contributed by atoms with Crippen molar-refractivity contribution in [1.29, 1.82) is 0 Å². The second kappa shape index (κ2) is 7.75. The molecule has 0 aliphatic rings. The summed E-state index contributed by atoms with van der Waals surface area (Å²) in [5.41, 5.74) is 0. The Morgan fingerprint density at radius 1 is 1.59 bits per heavy atom. The van der Waals surface area contributed by atoms with E-state index in [1.165, 1.54) is 0 Å². The molecule has 2 N–H and O–H groups in total. The van der Waals surface area contributed by atoms with E-state index in [1.807, 2.05) is 11.6 Å². The Morgan fingerprint density at radius 2 is 2.41 bits per heavy atom. The van der Waals surface area contributed by atoms with Crippen molar-refractivity contribution in [2.75, 3.05) is 26.8 Å². The van der Waals surface area contributed by atoms with Crippen LogP contribution in [0.2, 0.25) is 0 Å². The molecule has 96 valence electrons. The van der Waals surface area contributed by atoms with Gasteiger partial charge in [-0.25, -0.2) is 0 Å². The molecule has 0 aliphatic carbocycles. The molecule has 7 heteroatoms. The number of carbonyl (C=O) groups excluding carboxylic acids is 1. The van der Waals surface area contributed by atoms with Gasteiger partial charge in [-0.05, 0) is 6.42 Å². The maximum absolute atomic E-state index is 11.4. The van der Waals surface area contributed by atoms with Crippen LogP contribution < -0.4 is 10.6 Å². The zero-order valence-electron chi connectivity index (χ0n) is 10.3. The van der Waals surface area contributed by atoms with Gasteiger partial charge in [-0.3, -0.25) is 4.79 Å². The Morgan fingerprint density at radius 3 is 3.06 bits per heavy atom. The Labute approximate surface area is 101 Å². The third-order valence-corrected chi connectivity index (χ3v) is 2.22. The standard InChI is InChI=1S/C10H19N5O2/c1-15-8-13-14-9(15)6-11-7-10(16)12-4-3-5-17-2/h8,11H,3-7H2,1-2H3,(H,12,16). The smallest absolute Gasteiger partial charge is 0.233 e. The Balaban J connectivity index is 2.06. The summed E-state index contributed by atoms with van der Waals surface area (Å²) in [5.74, 6) is 0.778. The normalized spacial score (nSPS) is 10.5. The molecule has 0 saturated heterocycles. The van der Waals surface area contributed by atoms with Crippen LogP contribution in [0.25, 0.3) is 0 Å². The number of rotatable bonds is 8. The van der Waals surface area contributed by atoms with Crippen LogP contribution >= 0.6 is 0 Å². The largest absolute Gasteiger partial charge is 0.385 e. The molecular formula is C10H19N5O2. The van der Waals surface area contributed by atoms with E-state index in [0.29, 0.717) is 19.7 Å². The van der Waals surface area contributed by atoms with Gasteiger partial charge in [0.1, 0.15) is 12.2 Å². The first-order valence-corrected chi connectivity index (χ1v) is 5.53. The molecule has 0 bridgehead atoms. The Hall–Kier alpha value is -1.47. The Kier molecular flexibility index (Phi) is 6.19. The maximum atomic E-state index is 11.4. The first kappa shape index (κ1) is 13.6. The van der Waals surface area contributed by atoms with Gasteiger partial charge in [-0.15, -0.1) is 10.2 Å². The minimum Gasteiger partial charge on any atom is -0.385 e. The van der Waals surface area contributed by atoms with E-state index in [1.54, 1.807) is 13.4 Å². The predicted molar refractivity (Wildman–Crippen MR) is 62.2 cm³/mol. The number of aryl methyl sites for hydroxylation is 1. The second-order valence-electron chi connectivity index (χ2n) is 3.66. The lowest BCUT2D eigenvalue weighted by atomic mass is 10.4. The van der Waals surface area contributed by atoms with Crippen LogP contribution in [-0.2, 0) is 23.1 Å². The highest BCUT2D eigenvalue weighted by Crippen LogP contribution is 1.89. The molecule has 1 aromatic rings. The van der Waals surface area contributed by atoms with Crippen molar-refractivity contribution >= 4 is 5.91 Å². The van der Waals surface area contributed by atoms with Crippen LogP contribution in [0.15, 0.2) is 6.33 Å². The number of nitrogens with one attached hydrogen (secondary N) is 2. The molecule has 0 saturated carbocycles. The van der Waals surface area contributed by atoms with Crippen LogP contribution in [-0.4, -0.2) is 47.5 Å². The van der Waals surface area contributed by atoms with E-state index in [9.17, 15) is 4.79 Å². The number of methoxy groups -OCH3 is 1. The quantitative estimate of drug-likeness (QED) is 0.574. The molecule has 0 fully saturated rings. The Bertz CT molecular complexity index is 339. The number of amides is 1. The summed E-state index contributed by atoms with van der Waals surface area (Å²) in [6.07, 6.45) is 2.45. The van der Waals surface area contributed by atoms with E-state index < -0.39 is 0 Å². The van der Waals surface area contributed by atoms with E-state index in [2.05, 4.69) is 20.8 Å². The molecule has 0 spiro atoms. The lowest BCUT2D eigenvalue weighted by Crippen LogP contribution is -2.34. The van der Waals surface area contributed by atoms with Crippen molar-refractivity contribution in [3.63, 3.8) is 0 Å². The molecule has 0 aliphatic heterocycles. The van der Waals surface area contributed by atoms with Gasteiger partial charge in [0.15, 0.2) is 0 Å². The molecule has 0 atom stereocenters. The third-order valence-electron chi connectivity index (χ3n) is 2.22. The summed E-state index contributed by atoms with van der Waals surface area (Å²) >= 11 is 0. The maximum Gasteiger partial charge on any atom is 0.233 e. The summed E-state index contributed by atoms with van der Waals surface area (Å²) < 4.78 is 6.69. The van der Waals surface area contributed by atoms with Gasteiger partial charge in [-0.2, -0.15) is 0 Å². The number of ether oxygens (including phenoxy) is 1. The fraction of sp³-hybridized carbons (Fsp3) is 0.700. The molecule has 0 radical (unpaired) electrons. The highest BCUT2D eigenvalue weighted by molar-refractivity contribution is 5.77. The van der Waals surface area contributed by atoms with Gasteiger partial charge >= 0.3 is 0 Å². The minimum absolute atomic E-state index is 0.0247. The highest BCUT2D eigenvalue weighted by Gasteiger charge is 2.02. The summed E-state index contributed by atoms with van der Waals surface area (Å²) in [7, 11) is 3.51. The van der Waals surface area contributed by atoms with Crippen molar-refractivity contribution in [2.45, 2.75) is 13.0 Å². The number of hydrogen-bond acceptors (Lipinski definition) is 5. The highest BCUT2D eigenvalue weighted by atomic mass is 16.5. The van der Waals surface area contributed by atoms with E-state index in [4.69, 9.17) is 4.74 Å². The van der Waals surface area contributed by atoms with Gasteiger partial charge in [0, 0.05) is 27.3 Å². The van der Waals surface area contributed by atoms with E-state index >= 15 is 0 Å². The molecule has 7 nitrogen and oxygen atoms in total. The third kappa shape index (κ3) is 5.41. The monoisotopic (exact) mass is 241 g/mol. The topological polar surface area (TPSA) is 81.1 Å². The summed E-state index contributed by atoms with van der Waals surface area (Å²) in [4.78, 5) is 11.4. The molecule has 1 rings (SSSR count). The molecule has 0 aromatic carbocycles. The molecule has 17 heavy (non-hydrogen) atoms. The molecular weight excluding hydrogens is 222 g/mol. The van der Waals surface area contributed by atoms with Crippen molar-refractivity contribution in [3.05, 3.63) is 12.2 Å². The number of aromatic nitrogens is 3. The van der Waals surface area contributed by atoms with Crippen LogP contribution in [0.3, 0.4) is 0 Å². The van der Waals surface area contributed by atoms with Gasteiger partial charge in [0.25, 0.3) is 0 Å². The molecule has 1 amide bonds. The average Bonchev–Trinajstić information content (AvgIpc) is 2.71. The SMILES string of the molecule is COCCCNC(=O)CNCc1nncn1C. The van der Waals surface area contributed by atoms with Crippen molar-refractivity contribution in [3.8, 4) is 0 Å². The van der Waals surface area contributed by atoms with Crippen molar-refractivity contribution < 1.29 is 9.53 Å². The summed E-state index contributed by atoms with van der Waals surface area (Å²) in [6, 6.07) is 0. The zero-order valence-corrected chi connectivity index (χ0v) is 10.3. The molecule has 1 heterocycles. The molecule has 1 aromatic heterocycles. The minimum atomic E-state index is -0.0247. The first-order valence-electron chi connectivity index (χ1n) is 5.53. The summed E-state index contributed by atoms with van der Waals surface area (Å²) in [5, 5.41) is 13.4. The van der Waals surface area contributed by atoms with E-state index in [-0.39, 0.29) is 12.5 Å². The van der Waals surface area contributed by atoms with Gasteiger partial charge in [-0.1, -0.05) is 0 Å².